The quantitative estimate of drug-likeness (QED) is 0.110. The third-order valence-corrected chi connectivity index (χ3v) is 13.8. The van der Waals surface area contributed by atoms with Crippen molar-refractivity contribution >= 4 is 52.5 Å². The lowest BCUT2D eigenvalue weighted by Crippen LogP contribution is -2.55. The van der Waals surface area contributed by atoms with Crippen molar-refractivity contribution < 1.29 is 23.9 Å². The fourth-order valence-electron chi connectivity index (χ4n) is 9.86. The first kappa shape index (κ1) is 44.6. The molecule has 15 nitrogen and oxygen atoms in total. The van der Waals surface area contributed by atoms with Gasteiger partial charge in [0.15, 0.2) is 11.5 Å². The zero-order chi connectivity index (χ0) is 44.7. The highest BCUT2D eigenvalue weighted by Gasteiger charge is 2.41. The number of benzene rings is 2. The number of nitrogens with zero attached hydrogens (tertiary/aromatic N) is 7. The van der Waals surface area contributed by atoms with Crippen molar-refractivity contribution in [3.63, 3.8) is 0 Å². The second-order valence-electron chi connectivity index (χ2n) is 17.5. The summed E-state index contributed by atoms with van der Waals surface area (Å²) in [6, 6.07) is 16.2. The summed E-state index contributed by atoms with van der Waals surface area (Å²) in [4.78, 5) is 53.0. The van der Waals surface area contributed by atoms with Crippen LogP contribution in [0.25, 0.3) is 0 Å². The fourth-order valence-corrected chi connectivity index (χ4v) is 10.1. The topological polar surface area (TPSA) is 188 Å². The Bertz CT molecular complexity index is 2350. The number of rotatable bonds is 14. The molecule has 3 aliphatic carbocycles. The molecule has 1 atom stereocenters. The molecule has 336 valence electrons. The van der Waals surface area contributed by atoms with Crippen LogP contribution in [0, 0.1) is 17.2 Å². The number of nitrogens with one attached hydrogen (secondary N) is 3. The summed E-state index contributed by atoms with van der Waals surface area (Å²) < 4.78 is 11.8. The number of hydrogen-bond donors (Lipinski definition) is 3. The van der Waals surface area contributed by atoms with E-state index in [0.717, 1.165) is 95.0 Å². The number of aromatic nitrogens is 4. The lowest BCUT2D eigenvalue weighted by atomic mass is 9.79. The van der Waals surface area contributed by atoms with E-state index in [9.17, 15) is 14.4 Å². The molecule has 3 fully saturated rings. The van der Waals surface area contributed by atoms with Crippen molar-refractivity contribution in [1.29, 1.82) is 5.26 Å². The van der Waals surface area contributed by atoms with E-state index >= 15 is 0 Å². The van der Waals surface area contributed by atoms with E-state index in [2.05, 4.69) is 42.1 Å². The predicted octanol–water partition coefficient (Wildman–Crippen LogP) is 8.26. The van der Waals surface area contributed by atoms with Crippen molar-refractivity contribution in [2.45, 2.75) is 127 Å². The highest BCUT2D eigenvalue weighted by molar-refractivity contribution is 6.31. The molecule has 0 spiro atoms. The molecule has 4 aromatic rings. The van der Waals surface area contributed by atoms with Crippen molar-refractivity contribution in [1.82, 2.24) is 30.8 Å². The molecule has 3 N–H and O–H groups in total. The van der Waals surface area contributed by atoms with Crippen molar-refractivity contribution in [2.75, 3.05) is 35.8 Å². The number of amides is 3. The van der Waals surface area contributed by atoms with Crippen molar-refractivity contribution in [3.8, 4) is 17.6 Å². The highest BCUT2D eigenvalue weighted by Crippen LogP contribution is 2.41. The highest BCUT2D eigenvalue weighted by atomic mass is 35.5. The average molecular weight is 890 g/mol. The first-order chi connectivity index (χ1) is 31.1. The minimum atomic E-state index is -0.262. The molecule has 16 heteroatoms. The van der Waals surface area contributed by atoms with Crippen LogP contribution in [-0.2, 0) is 4.79 Å². The monoisotopic (exact) mass is 888 g/mol. The van der Waals surface area contributed by atoms with Crippen LogP contribution in [0.1, 0.15) is 135 Å². The van der Waals surface area contributed by atoms with Gasteiger partial charge in [-0.25, -0.2) is 4.98 Å². The van der Waals surface area contributed by atoms with Crippen LogP contribution in [0.15, 0.2) is 54.7 Å². The molecule has 8 rings (SSSR count). The molecule has 2 aromatic carbocycles. The predicted molar refractivity (Wildman–Crippen MR) is 245 cm³/mol. The summed E-state index contributed by atoms with van der Waals surface area (Å²) >= 11 is 6.16. The molecule has 0 radical (unpaired) electrons. The number of anilines is 4. The fraction of sp³-hybridized carbons (Fsp3) is 0.500. The smallest absolute Gasteiger partial charge is 0.272 e. The van der Waals surface area contributed by atoms with Crippen LogP contribution < -0.4 is 35.2 Å². The number of carbonyl (C=O) groups excluding carboxylic acids is 3. The van der Waals surface area contributed by atoms with Gasteiger partial charge in [-0.1, -0.05) is 31.4 Å². The van der Waals surface area contributed by atoms with E-state index in [-0.39, 0.29) is 47.9 Å². The molecule has 3 saturated carbocycles. The zero-order valence-corrected chi connectivity index (χ0v) is 37.6. The van der Waals surface area contributed by atoms with E-state index in [1.807, 2.05) is 13.0 Å². The van der Waals surface area contributed by atoms with Gasteiger partial charge in [0.25, 0.3) is 11.8 Å². The van der Waals surface area contributed by atoms with Crippen LogP contribution in [0.4, 0.5) is 23.1 Å². The zero-order valence-electron chi connectivity index (χ0n) is 36.8. The Balaban J connectivity index is 0.770. The van der Waals surface area contributed by atoms with Crippen LogP contribution in [0.2, 0.25) is 5.02 Å². The summed E-state index contributed by atoms with van der Waals surface area (Å²) in [7, 11) is 3.36. The Kier molecular flexibility index (Phi) is 14.1. The third-order valence-electron chi connectivity index (χ3n) is 13.5. The maximum Gasteiger partial charge on any atom is 0.272 e. The van der Waals surface area contributed by atoms with Crippen LogP contribution in [0.3, 0.4) is 0 Å². The van der Waals surface area contributed by atoms with E-state index in [4.69, 9.17) is 31.3 Å². The first-order valence-electron chi connectivity index (χ1n) is 22.8. The lowest BCUT2D eigenvalue weighted by Gasteiger charge is -2.43. The van der Waals surface area contributed by atoms with Gasteiger partial charge in [-0.3, -0.25) is 14.4 Å². The van der Waals surface area contributed by atoms with Gasteiger partial charge < -0.3 is 35.2 Å². The Hall–Kier alpha value is -6.01. The Morgan fingerprint density at radius 1 is 0.938 bits per heavy atom. The van der Waals surface area contributed by atoms with Gasteiger partial charge in [0.1, 0.15) is 29.3 Å². The Labute approximate surface area is 379 Å². The summed E-state index contributed by atoms with van der Waals surface area (Å²) in [5.41, 5.74) is 3.47. The third kappa shape index (κ3) is 10.0. The summed E-state index contributed by atoms with van der Waals surface area (Å²) in [5.74, 6) is 2.75. The number of nitriles is 1. The lowest BCUT2D eigenvalue weighted by molar-refractivity contribution is -0.120. The van der Waals surface area contributed by atoms with Crippen molar-refractivity contribution in [2.24, 2.45) is 5.92 Å². The minimum Gasteiger partial charge on any atom is -0.495 e. The standard InChI is InChI=1S/C48H57ClN10O5/c1-4-41-47(62)58(2)42-28-52-48(55-44(42)59(41)34-7-5-6-8-34)54-39-20-14-31(25-43(39)63-3)45(60)51-24-23-29-9-11-30(12-10-29)38-21-22-40(57-56-38)46(61)53-33-15-18-35(19-16-33)64-36-17-13-32(27-50)37(49)26-36/h13-14,17,20-22,25-26,28-30,33-35,41H,4-12,15-16,18-19,23-24H2,1-3H3,(H,51,60)(H,53,61)(H,52,54,55)/t29?,30?,33?,35?,41-/m0/s1. The van der Waals surface area contributed by atoms with E-state index in [1.54, 1.807) is 67.7 Å². The molecule has 4 aliphatic rings. The Morgan fingerprint density at radius 2 is 1.72 bits per heavy atom. The molecule has 3 amide bonds. The van der Waals surface area contributed by atoms with Crippen molar-refractivity contribution in [3.05, 3.63) is 82.3 Å². The minimum absolute atomic E-state index is 0.0204. The molecular weight excluding hydrogens is 832 g/mol. The number of hydrogen-bond acceptors (Lipinski definition) is 12. The number of fused-ring (bicyclic) bond motifs is 1. The number of likely N-dealkylation sites (N-methyl/N-ethyl adjacent to an activating group) is 1. The molecular formula is C48H57ClN10O5. The maximum absolute atomic E-state index is 13.3. The van der Waals surface area contributed by atoms with Gasteiger partial charge in [0.2, 0.25) is 11.9 Å². The van der Waals surface area contributed by atoms with Gasteiger partial charge in [-0.05, 0) is 125 Å². The normalized spacial score (nSPS) is 22.3. The van der Waals surface area contributed by atoms with Crippen LogP contribution >= 0.6 is 11.6 Å². The van der Waals surface area contributed by atoms with Gasteiger partial charge in [-0.15, -0.1) is 5.10 Å². The van der Waals surface area contributed by atoms with Crippen LogP contribution in [0.5, 0.6) is 11.5 Å². The van der Waals surface area contributed by atoms with Gasteiger partial charge >= 0.3 is 0 Å². The molecule has 1 aliphatic heterocycles. The van der Waals surface area contributed by atoms with E-state index < -0.39 is 0 Å². The van der Waals surface area contributed by atoms with E-state index in [1.165, 1.54) is 0 Å². The summed E-state index contributed by atoms with van der Waals surface area (Å²) in [6.45, 7) is 2.61. The SMILES string of the molecule is CC[C@H]1C(=O)N(C)c2cnc(Nc3ccc(C(=O)NCCC4CCC(c5ccc(C(=O)NC6CCC(Oc7ccc(C#N)c(Cl)c7)CC6)nn5)CC4)cc3OC)nc2N1C1CCCC1. The molecule has 3 heterocycles. The molecule has 2 aromatic heterocycles. The maximum atomic E-state index is 13.3. The largest absolute Gasteiger partial charge is 0.495 e. The molecule has 64 heavy (non-hydrogen) atoms. The number of halogens is 1. The summed E-state index contributed by atoms with van der Waals surface area (Å²) in [6.07, 6.45) is 14.8. The summed E-state index contributed by atoms with van der Waals surface area (Å²) in [5, 5.41) is 27.8. The number of methoxy groups -OCH3 is 1. The van der Waals surface area contributed by atoms with Gasteiger partial charge in [0.05, 0.1) is 41.4 Å². The number of carbonyl (C=O) groups is 3. The van der Waals surface area contributed by atoms with Gasteiger partial charge in [0, 0.05) is 43.2 Å². The molecule has 0 bridgehead atoms. The second-order valence-corrected chi connectivity index (χ2v) is 17.9. The van der Waals surface area contributed by atoms with Crippen LogP contribution in [-0.4, -0.2) is 82.8 Å². The average Bonchev–Trinajstić information content (AvgIpc) is 3.86. The first-order valence-corrected chi connectivity index (χ1v) is 23.2. The number of ether oxygens (including phenoxy) is 2. The van der Waals surface area contributed by atoms with Gasteiger partial charge in [-0.2, -0.15) is 15.3 Å². The molecule has 0 saturated heterocycles. The Morgan fingerprint density at radius 3 is 2.41 bits per heavy atom. The van der Waals surface area contributed by atoms with E-state index in [0.29, 0.717) is 69.5 Å². The molecule has 0 unspecified atom stereocenters. The second kappa shape index (κ2) is 20.2.